The van der Waals surface area contributed by atoms with Crippen molar-refractivity contribution in [3.63, 3.8) is 0 Å². The van der Waals surface area contributed by atoms with Gasteiger partial charge in [-0.05, 0) is 62.4 Å². The molecule has 1 aliphatic rings. The standard InChI is InChI=1S/C19H25N3OS/c1-15-4-6-17(7-5-15)21-19(23)20-10-13-22-11-8-16(9-12-22)18-3-2-14-24-18/h2-7,14,16H,8-13H2,1H3,(H2,20,21,23). The number of hydrogen-bond acceptors (Lipinski definition) is 3. The van der Waals surface area contributed by atoms with Gasteiger partial charge in [-0.3, -0.25) is 0 Å². The summed E-state index contributed by atoms with van der Waals surface area (Å²) in [5.41, 5.74) is 2.02. The molecule has 1 fully saturated rings. The molecule has 2 heterocycles. The van der Waals surface area contributed by atoms with Crippen LogP contribution in [-0.2, 0) is 0 Å². The fourth-order valence-electron chi connectivity index (χ4n) is 3.10. The van der Waals surface area contributed by atoms with E-state index < -0.39 is 0 Å². The number of aryl methyl sites for hydroxylation is 1. The lowest BCUT2D eigenvalue weighted by Gasteiger charge is -2.31. The average molecular weight is 343 g/mol. The molecule has 0 aliphatic carbocycles. The number of rotatable bonds is 5. The number of piperidine rings is 1. The Morgan fingerprint density at radius 2 is 1.96 bits per heavy atom. The number of nitrogens with one attached hydrogen (secondary N) is 2. The van der Waals surface area contributed by atoms with E-state index in [0.29, 0.717) is 6.54 Å². The van der Waals surface area contributed by atoms with Crippen LogP contribution in [0.15, 0.2) is 41.8 Å². The minimum Gasteiger partial charge on any atom is -0.337 e. The summed E-state index contributed by atoms with van der Waals surface area (Å²) in [4.78, 5) is 15.9. The number of benzene rings is 1. The van der Waals surface area contributed by atoms with Gasteiger partial charge in [-0.25, -0.2) is 4.79 Å². The zero-order valence-electron chi connectivity index (χ0n) is 14.1. The number of thiophene rings is 1. The topological polar surface area (TPSA) is 44.4 Å². The number of nitrogens with zero attached hydrogens (tertiary/aromatic N) is 1. The van der Waals surface area contributed by atoms with Crippen molar-refractivity contribution in [1.82, 2.24) is 10.2 Å². The number of carbonyl (C=O) groups is 1. The molecule has 128 valence electrons. The molecule has 0 atom stereocenters. The molecule has 1 aromatic carbocycles. The summed E-state index contributed by atoms with van der Waals surface area (Å²) in [7, 11) is 0. The van der Waals surface area contributed by atoms with Gasteiger partial charge in [0.2, 0.25) is 0 Å². The highest BCUT2D eigenvalue weighted by Gasteiger charge is 2.20. The molecule has 0 saturated carbocycles. The molecule has 0 radical (unpaired) electrons. The molecule has 3 rings (SSSR count). The van der Waals surface area contributed by atoms with E-state index in [0.717, 1.165) is 31.2 Å². The monoisotopic (exact) mass is 343 g/mol. The quantitative estimate of drug-likeness (QED) is 0.860. The van der Waals surface area contributed by atoms with Crippen LogP contribution in [0.2, 0.25) is 0 Å². The van der Waals surface area contributed by atoms with Crippen LogP contribution < -0.4 is 10.6 Å². The molecular formula is C19H25N3OS. The van der Waals surface area contributed by atoms with Crippen molar-refractivity contribution in [1.29, 1.82) is 0 Å². The molecule has 5 heteroatoms. The van der Waals surface area contributed by atoms with E-state index in [1.54, 1.807) is 0 Å². The van der Waals surface area contributed by atoms with Crippen LogP contribution in [-0.4, -0.2) is 37.1 Å². The van der Waals surface area contributed by atoms with Crippen LogP contribution in [0.3, 0.4) is 0 Å². The zero-order chi connectivity index (χ0) is 16.8. The highest BCUT2D eigenvalue weighted by Crippen LogP contribution is 2.30. The molecule has 0 spiro atoms. The van der Waals surface area contributed by atoms with Gasteiger partial charge >= 0.3 is 6.03 Å². The summed E-state index contributed by atoms with van der Waals surface area (Å²) in [6.07, 6.45) is 2.44. The third-order valence-electron chi connectivity index (χ3n) is 4.56. The number of likely N-dealkylation sites (tertiary alicyclic amines) is 1. The maximum absolute atomic E-state index is 11.9. The summed E-state index contributed by atoms with van der Waals surface area (Å²) in [5, 5.41) is 7.97. The highest BCUT2D eigenvalue weighted by atomic mass is 32.1. The summed E-state index contributed by atoms with van der Waals surface area (Å²) in [6.45, 7) is 5.86. The summed E-state index contributed by atoms with van der Waals surface area (Å²) < 4.78 is 0. The van der Waals surface area contributed by atoms with Gasteiger partial charge in [0.1, 0.15) is 0 Å². The van der Waals surface area contributed by atoms with Crippen molar-refractivity contribution in [2.75, 3.05) is 31.5 Å². The fourth-order valence-corrected chi connectivity index (χ4v) is 4.00. The van der Waals surface area contributed by atoms with Crippen molar-refractivity contribution in [2.24, 2.45) is 0 Å². The first-order valence-electron chi connectivity index (χ1n) is 8.58. The molecule has 2 N–H and O–H groups in total. The first-order chi connectivity index (χ1) is 11.7. The molecule has 4 nitrogen and oxygen atoms in total. The molecule has 2 aromatic rings. The number of amides is 2. The molecule has 1 aliphatic heterocycles. The first-order valence-corrected chi connectivity index (χ1v) is 9.46. The van der Waals surface area contributed by atoms with E-state index >= 15 is 0 Å². The Hall–Kier alpha value is -1.85. The van der Waals surface area contributed by atoms with E-state index in [2.05, 4.69) is 33.0 Å². The van der Waals surface area contributed by atoms with Crippen LogP contribution in [0.25, 0.3) is 0 Å². The third kappa shape index (κ3) is 4.82. The highest BCUT2D eigenvalue weighted by molar-refractivity contribution is 7.10. The molecule has 0 bridgehead atoms. The lowest BCUT2D eigenvalue weighted by atomic mass is 9.95. The van der Waals surface area contributed by atoms with E-state index in [-0.39, 0.29) is 6.03 Å². The van der Waals surface area contributed by atoms with Crippen LogP contribution in [0.5, 0.6) is 0 Å². The van der Waals surface area contributed by atoms with Crippen LogP contribution in [0.1, 0.15) is 29.2 Å². The number of anilines is 1. The average Bonchev–Trinajstić information content (AvgIpc) is 3.12. The molecule has 1 aromatic heterocycles. The van der Waals surface area contributed by atoms with Gasteiger partial charge in [0.15, 0.2) is 0 Å². The van der Waals surface area contributed by atoms with E-state index in [1.807, 2.05) is 42.5 Å². The van der Waals surface area contributed by atoms with Crippen molar-refractivity contribution < 1.29 is 4.79 Å². The molecule has 0 unspecified atom stereocenters. The van der Waals surface area contributed by atoms with Crippen LogP contribution in [0.4, 0.5) is 10.5 Å². The smallest absolute Gasteiger partial charge is 0.319 e. The minimum atomic E-state index is -0.132. The molecule has 2 amide bonds. The Morgan fingerprint density at radius 3 is 2.62 bits per heavy atom. The van der Waals surface area contributed by atoms with Crippen molar-refractivity contribution in [3.8, 4) is 0 Å². The Bertz CT molecular complexity index is 631. The summed E-state index contributed by atoms with van der Waals surface area (Å²) in [5.74, 6) is 0.721. The Morgan fingerprint density at radius 1 is 1.21 bits per heavy atom. The normalized spacial score (nSPS) is 16.0. The predicted octanol–water partition coefficient (Wildman–Crippen LogP) is 4.06. The minimum absolute atomic E-state index is 0.132. The van der Waals surface area contributed by atoms with Gasteiger partial charge in [-0.15, -0.1) is 11.3 Å². The second-order valence-electron chi connectivity index (χ2n) is 6.38. The van der Waals surface area contributed by atoms with E-state index in [9.17, 15) is 4.79 Å². The van der Waals surface area contributed by atoms with Gasteiger partial charge in [0.05, 0.1) is 0 Å². The van der Waals surface area contributed by atoms with Gasteiger partial charge in [0.25, 0.3) is 0 Å². The molecule has 24 heavy (non-hydrogen) atoms. The first kappa shape index (κ1) is 17.0. The second kappa shape index (κ2) is 8.31. The fraction of sp³-hybridized carbons (Fsp3) is 0.421. The van der Waals surface area contributed by atoms with Gasteiger partial charge < -0.3 is 15.5 Å². The Kier molecular flexibility index (Phi) is 5.88. The number of hydrogen-bond donors (Lipinski definition) is 2. The van der Waals surface area contributed by atoms with Gasteiger partial charge in [-0.2, -0.15) is 0 Å². The van der Waals surface area contributed by atoms with Gasteiger partial charge in [-0.1, -0.05) is 23.8 Å². The number of carbonyl (C=O) groups excluding carboxylic acids is 1. The summed E-state index contributed by atoms with van der Waals surface area (Å²) >= 11 is 1.87. The maximum atomic E-state index is 11.9. The predicted molar refractivity (Wildman–Crippen MR) is 101 cm³/mol. The zero-order valence-corrected chi connectivity index (χ0v) is 14.9. The Labute approximate surface area is 147 Å². The molecule has 1 saturated heterocycles. The van der Waals surface area contributed by atoms with Gasteiger partial charge in [0, 0.05) is 23.7 Å². The van der Waals surface area contributed by atoms with Crippen molar-refractivity contribution >= 4 is 23.1 Å². The van der Waals surface area contributed by atoms with Crippen molar-refractivity contribution in [2.45, 2.75) is 25.7 Å². The van der Waals surface area contributed by atoms with E-state index in [1.165, 1.54) is 23.3 Å². The molecular weight excluding hydrogens is 318 g/mol. The Balaban J connectivity index is 1.33. The maximum Gasteiger partial charge on any atom is 0.319 e. The number of urea groups is 1. The largest absolute Gasteiger partial charge is 0.337 e. The summed E-state index contributed by atoms with van der Waals surface area (Å²) in [6, 6.07) is 12.1. The van der Waals surface area contributed by atoms with Crippen LogP contribution >= 0.6 is 11.3 Å². The van der Waals surface area contributed by atoms with Crippen molar-refractivity contribution in [3.05, 3.63) is 52.2 Å². The lowest BCUT2D eigenvalue weighted by molar-refractivity contribution is 0.212. The lowest BCUT2D eigenvalue weighted by Crippen LogP contribution is -2.40. The van der Waals surface area contributed by atoms with Crippen LogP contribution in [0, 0.1) is 6.92 Å². The van der Waals surface area contributed by atoms with E-state index in [4.69, 9.17) is 0 Å². The third-order valence-corrected chi connectivity index (χ3v) is 5.59. The second-order valence-corrected chi connectivity index (χ2v) is 7.36. The SMILES string of the molecule is Cc1ccc(NC(=O)NCCN2CCC(c3cccs3)CC2)cc1.